The fourth-order valence-corrected chi connectivity index (χ4v) is 3.92. The maximum atomic E-state index is 12.2. The summed E-state index contributed by atoms with van der Waals surface area (Å²) in [5.74, 6) is 0.754. The van der Waals surface area contributed by atoms with Crippen LogP contribution in [0, 0.1) is 5.92 Å². The first-order chi connectivity index (χ1) is 12.3. The van der Waals surface area contributed by atoms with Crippen molar-refractivity contribution in [3.63, 3.8) is 0 Å². The maximum absolute atomic E-state index is 12.2. The average Bonchev–Trinajstić information content (AvgIpc) is 2.97. The van der Waals surface area contributed by atoms with Crippen molar-refractivity contribution in [2.75, 3.05) is 13.1 Å². The van der Waals surface area contributed by atoms with Crippen LogP contribution >= 0.6 is 0 Å². The molecule has 1 aliphatic heterocycles. The molecular formula is C23H37NO. The summed E-state index contributed by atoms with van der Waals surface area (Å²) in [6, 6.07) is 10.5. The van der Waals surface area contributed by atoms with Gasteiger partial charge in [0.1, 0.15) is 0 Å². The van der Waals surface area contributed by atoms with Gasteiger partial charge in [-0.05, 0) is 12.0 Å². The molecule has 1 unspecified atom stereocenters. The van der Waals surface area contributed by atoms with Gasteiger partial charge in [0, 0.05) is 19.0 Å². The van der Waals surface area contributed by atoms with E-state index in [0.29, 0.717) is 12.3 Å². The smallest absolute Gasteiger partial charge is 0.151 e. The van der Waals surface area contributed by atoms with E-state index in [0.717, 1.165) is 19.5 Å². The minimum atomic E-state index is 0.290. The van der Waals surface area contributed by atoms with E-state index in [-0.39, 0.29) is 5.92 Å². The molecule has 0 aliphatic carbocycles. The predicted octanol–water partition coefficient (Wildman–Crippen LogP) is 6.00. The number of carbonyl (C=O) groups is 1. The second-order valence-electron chi connectivity index (χ2n) is 7.79. The number of ketones is 1. The Balaban J connectivity index is 1.49. The molecule has 1 fully saturated rings. The Kier molecular flexibility index (Phi) is 9.88. The van der Waals surface area contributed by atoms with Crippen molar-refractivity contribution in [1.29, 1.82) is 0 Å². The van der Waals surface area contributed by atoms with Gasteiger partial charge in [-0.2, -0.15) is 0 Å². The summed E-state index contributed by atoms with van der Waals surface area (Å²) < 4.78 is 0. The summed E-state index contributed by atoms with van der Waals surface area (Å²) in [6.45, 7) is 4.81. The third-order valence-electron chi connectivity index (χ3n) is 5.47. The van der Waals surface area contributed by atoms with E-state index in [1.165, 1.54) is 69.8 Å². The molecule has 0 spiro atoms. The quantitative estimate of drug-likeness (QED) is 0.409. The largest absolute Gasteiger partial charge is 0.298 e. The van der Waals surface area contributed by atoms with Gasteiger partial charge in [-0.3, -0.25) is 9.69 Å². The maximum Gasteiger partial charge on any atom is 0.151 e. The molecule has 1 heterocycles. The lowest BCUT2D eigenvalue weighted by atomic mass is 9.98. The van der Waals surface area contributed by atoms with Gasteiger partial charge in [-0.25, -0.2) is 0 Å². The van der Waals surface area contributed by atoms with Crippen LogP contribution in [0.15, 0.2) is 30.3 Å². The minimum absolute atomic E-state index is 0.290. The van der Waals surface area contributed by atoms with E-state index in [1.54, 1.807) is 0 Å². The fourth-order valence-electron chi connectivity index (χ4n) is 3.92. The molecule has 0 saturated carbocycles. The highest BCUT2D eigenvalue weighted by Crippen LogP contribution is 2.21. The van der Waals surface area contributed by atoms with Crippen molar-refractivity contribution in [3.8, 4) is 0 Å². The molecule has 2 nitrogen and oxygen atoms in total. The Labute approximate surface area is 155 Å². The highest BCUT2D eigenvalue weighted by molar-refractivity contribution is 5.85. The lowest BCUT2D eigenvalue weighted by Crippen LogP contribution is -2.20. The van der Waals surface area contributed by atoms with Gasteiger partial charge < -0.3 is 0 Å². The monoisotopic (exact) mass is 343 g/mol. The average molecular weight is 344 g/mol. The van der Waals surface area contributed by atoms with E-state index in [1.807, 2.05) is 6.07 Å². The van der Waals surface area contributed by atoms with Crippen LogP contribution in [-0.2, 0) is 11.3 Å². The zero-order valence-electron chi connectivity index (χ0n) is 16.2. The fraction of sp³-hybridized carbons (Fsp3) is 0.696. The normalized spacial score (nSPS) is 18.1. The standard InChI is InChI=1S/C23H37NO/c1-2-3-4-5-6-7-8-9-10-14-17-22-19-24(20-23(22)25)18-21-15-12-11-13-16-21/h11-13,15-16,22H,2-10,14,17-20H2,1H3. The van der Waals surface area contributed by atoms with Crippen LogP contribution in [0.1, 0.15) is 83.1 Å². The van der Waals surface area contributed by atoms with Crippen molar-refractivity contribution < 1.29 is 4.79 Å². The number of carbonyl (C=O) groups excluding carboxylic acids is 1. The van der Waals surface area contributed by atoms with Crippen molar-refractivity contribution >= 4 is 5.78 Å². The van der Waals surface area contributed by atoms with E-state index in [9.17, 15) is 4.79 Å². The van der Waals surface area contributed by atoms with E-state index in [2.05, 4.69) is 36.1 Å². The summed E-state index contributed by atoms with van der Waals surface area (Å²) in [5, 5.41) is 0. The number of Topliss-reactive ketones (excluding diaryl/α,β-unsaturated/α-hetero) is 1. The number of likely N-dealkylation sites (tertiary alicyclic amines) is 1. The van der Waals surface area contributed by atoms with Gasteiger partial charge >= 0.3 is 0 Å². The van der Waals surface area contributed by atoms with Crippen LogP contribution < -0.4 is 0 Å². The highest BCUT2D eigenvalue weighted by atomic mass is 16.1. The summed E-state index contributed by atoms with van der Waals surface area (Å²) in [7, 11) is 0. The van der Waals surface area contributed by atoms with Crippen LogP contribution in [0.3, 0.4) is 0 Å². The first-order valence-electron chi connectivity index (χ1n) is 10.6. The molecule has 0 aromatic heterocycles. The molecule has 0 radical (unpaired) electrons. The Morgan fingerprint density at radius 3 is 2.12 bits per heavy atom. The van der Waals surface area contributed by atoms with Crippen LogP contribution in [-0.4, -0.2) is 23.8 Å². The van der Waals surface area contributed by atoms with Gasteiger partial charge in [-0.15, -0.1) is 0 Å². The van der Waals surface area contributed by atoms with Gasteiger partial charge in [-0.1, -0.05) is 101 Å². The third kappa shape index (κ3) is 8.18. The van der Waals surface area contributed by atoms with Crippen LogP contribution in [0.25, 0.3) is 0 Å². The van der Waals surface area contributed by atoms with Gasteiger partial charge in [0.15, 0.2) is 5.78 Å². The zero-order valence-corrected chi connectivity index (χ0v) is 16.2. The molecule has 1 aromatic rings. The molecule has 1 aliphatic rings. The number of rotatable bonds is 13. The zero-order chi connectivity index (χ0) is 17.7. The molecule has 1 saturated heterocycles. The Morgan fingerprint density at radius 2 is 1.48 bits per heavy atom. The highest BCUT2D eigenvalue weighted by Gasteiger charge is 2.29. The lowest BCUT2D eigenvalue weighted by Gasteiger charge is -2.14. The Hall–Kier alpha value is -1.15. The Morgan fingerprint density at radius 1 is 0.880 bits per heavy atom. The summed E-state index contributed by atoms with van der Waals surface area (Å²) in [4.78, 5) is 14.5. The minimum Gasteiger partial charge on any atom is -0.298 e. The van der Waals surface area contributed by atoms with E-state index < -0.39 is 0 Å². The topological polar surface area (TPSA) is 20.3 Å². The van der Waals surface area contributed by atoms with E-state index >= 15 is 0 Å². The van der Waals surface area contributed by atoms with Crippen molar-refractivity contribution in [2.45, 2.75) is 84.1 Å². The number of hydrogen-bond donors (Lipinski definition) is 0. The molecule has 0 bridgehead atoms. The summed E-state index contributed by atoms with van der Waals surface area (Å²) >= 11 is 0. The van der Waals surface area contributed by atoms with Crippen LogP contribution in [0.2, 0.25) is 0 Å². The van der Waals surface area contributed by atoms with Gasteiger partial charge in [0.2, 0.25) is 0 Å². The predicted molar refractivity (Wildman–Crippen MR) is 107 cm³/mol. The first kappa shape index (κ1) is 20.2. The van der Waals surface area contributed by atoms with E-state index in [4.69, 9.17) is 0 Å². The number of hydrogen-bond acceptors (Lipinski definition) is 2. The Bertz CT molecular complexity index is 470. The third-order valence-corrected chi connectivity index (χ3v) is 5.47. The molecule has 140 valence electrons. The molecule has 1 atom stereocenters. The molecule has 2 rings (SSSR count). The second-order valence-corrected chi connectivity index (χ2v) is 7.79. The molecule has 25 heavy (non-hydrogen) atoms. The number of unbranched alkanes of at least 4 members (excludes halogenated alkanes) is 9. The van der Waals surface area contributed by atoms with Crippen molar-refractivity contribution in [2.24, 2.45) is 5.92 Å². The molecule has 0 N–H and O–H groups in total. The summed E-state index contributed by atoms with van der Waals surface area (Å²) in [6.07, 6.45) is 14.7. The van der Waals surface area contributed by atoms with Crippen LogP contribution in [0.4, 0.5) is 0 Å². The number of nitrogens with zero attached hydrogens (tertiary/aromatic N) is 1. The molecule has 2 heteroatoms. The molecule has 1 aromatic carbocycles. The molecule has 0 amide bonds. The molecular weight excluding hydrogens is 306 g/mol. The second kappa shape index (κ2) is 12.2. The van der Waals surface area contributed by atoms with Gasteiger partial charge in [0.25, 0.3) is 0 Å². The first-order valence-corrected chi connectivity index (χ1v) is 10.6. The SMILES string of the molecule is CCCCCCCCCCCCC1CN(Cc2ccccc2)CC1=O. The summed E-state index contributed by atoms with van der Waals surface area (Å²) in [5.41, 5.74) is 1.31. The lowest BCUT2D eigenvalue weighted by molar-refractivity contribution is -0.120. The van der Waals surface area contributed by atoms with Gasteiger partial charge in [0.05, 0.1) is 6.54 Å². The van der Waals surface area contributed by atoms with Crippen LogP contribution in [0.5, 0.6) is 0 Å². The number of benzene rings is 1. The van der Waals surface area contributed by atoms with Crippen molar-refractivity contribution in [3.05, 3.63) is 35.9 Å². The van der Waals surface area contributed by atoms with Crippen molar-refractivity contribution in [1.82, 2.24) is 4.90 Å².